The summed E-state index contributed by atoms with van der Waals surface area (Å²) in [4.78, 5) is 11.7. The summed E-state index contributed by atoms with van der Waals surface area (Å²) >= 11 is 0. The maximum atomic E-state index is 11.7. The van der Waals surface area contributed by atoms with Gasteiger partial charge < -0.3 is 0 Å². The van der Waals surface area contributed by atoms with Gasteiger partial charge in [-0.25, -0.2) is 0 Å². The summed E-state index contributed by atoms with van der Waals surface area (Å²) in [6.45, 7) is 4.79. The first-order chi connectivity index (χ1) is 10.1. The molecule has 4 rings (SSSR count). The van der Waals surface area contributed by atoms with Gasteiger partial charge in [0.15, 0.2) is 5.78 Å². The number of hydrogen-bond donors (Lipinski definition) is 0. The van der Waals surface area contributed by atoms with Crippen LogP contribution in [-0.2, 0) is 4.79 Å². The molecule has 3 fully saturated rings. The van der Waals surface area contributed by atoms with Gasteiger partial charge in [0.2, 0.25) is 0 Å². The predicted octanol–water partition coefficient (Wildman–Crippen LogP) is 5.07. The quantitative estimate of drug-likeness (QED) is 0.567. The van der Waals surface area contributed by atoms with Gasteiger partial charge in [-0.1, -0.05) is 24.1 Å². The minimum atomic E-state index is 0.386. The fraction of sp³-hybridized carbons (Fsp3) is 0.750. The highest BCUT2D eigenvalue weighted by Crippen LogP contribution is 2.63. The van der Waals surface area contributed by atoms with Gasteiger partial charge in [-0.05, 0) is 87.0 Å². The Labute approximate surface area is 128 Å². The fourth-order valence-corrected chi connectivity index (χ4v) is 6.50. The molecule has 0 heterocycles. The SMILES string of the molecule is C/C=C1/CCC2C3CCC4=CC(=O)CCC4C3CCC12C. The van der Waals surface area contributed by atoms with E-state index >= 15 is 0 Å². The van der Waals surface area contributed by atoms with E-state index in [2.05, 4.69) is 19.9 Å². The highest BCUT2D eigenvalue weighted by atomic mass is 16.1. The van der Waals surface area contributed by atoms with E-state index in [4.69, 9.17) is 0 Å². The Balaban J connectivity index is 1.64. The molecule has 3 saturated carbocycles. The standard InChI is InChI=1S/C20H28O/c1-3-14-5-9-19-18-7-4-13-12-15(21)6-8-16(13)17(18)10-11-20(14,19)2/h3,12,16-19H,4-11H2,1-2H3/b14-3-. The van der Waals surface area contributed by atoms with Crippen molar-refractivity contribution >= 4 is 5.78 Å². The van der Waals surface area contributed by atoms with Crippen molar-refractivity contribution in [2.24, 2.45) is 29.1 Å². The molecule has 1 heteroatoms. The van der Waals surface area contributed by atoms with Crippen molar-refractivity contribution in [3.05, 3.63) is 23.3 Å². The van der Waals surface area contributed by atoms with Crippen LogP contribution in [0.15, 0.2) is 23.3 Å². The van der Waals surface area contributed by atoms with E-state index in [1.54, 1.807) is 5.57 Å². The summed E-state index contributed by atoms with van der Waals surface area (Å²) < 4.78 is 0. The molecule has 1 nitrogen and oxygen atoms in total. The predicted molar refractivity (Wildman–Crippen MR) is 85.9 cm³/mol. The summed E-state index contributed by atoms with van der Waals surface area (Å²) in [6, 6.07) is 0. The van der Waals surface area contributed by atoms with Crippen LogP contribution in [0.2, 0.25) is 0 Å². The molecule has 4 aliphatic rings. The molecule has 0 aromatic heterocycles. The zero-order chi connectivity index (χ0) is 14.6. The topological polar surface area (TPSA) is 17.1 Å². The minimum Gasteiger partial charge on any atom is -0.295 e. The lowest BCUT2D eigenvalue weighted by Crippen LogP contribution is -2.45. The van der Waals surface area contributed by atoms with Gasteiger partial charge in [0.1, 0.15) is 0 Å². The maximum absolute atomic E-state index is 11.7. The Morgan fingerprint density at radius 2 is 1.95 bits per heavy atom. The first-order valence-electron chi connectivity index (χ1n) is 9.02. The van der Waals surface area contributed by atoms with Crippen LogP contribution in [0.4, 0.5) is 0 Å². The van der Waals surface area contributed by atoms with Gasteiger partial charge in [-0.3, -0.25) is 4.79 Å². The smallest absolute Gasteiger partial charge is 0.155 e. The summed E-state index contributed by atoms with van der Waals surface area (Å²) in [7, 11) is 0. The van der Waals surface area contributed by atoms with E-state index in [0.29, 0.717) is 11.2 Å². The first-order valence-corrected chi connectivity index (χ1v) is 9.02. The van der Waals surface area contributed by atoms with Crippen LogP contribution in [0.5, 0.6) is 0 Å². The Morgan fingerprint density at radius 3 is 2.76 bits per heavy atom. The molecule has 0 radical (unpaired) electrons. The minimum absolute atomic E-state index is 0.386. The largest absolute Gasteiger partial charge is 0.295 e. The molecular weight excluding hydrogens is 256 g/mol. The molecule has 5 atom stereocenters. The molecule has 0 spiro atoms. The third kappa shape index (κ3) is 1.92. The lowest BCUT2D eigenvalue weighted by Gasteiger charge is -2.53. The lowest BCUT2D eigenvalue weighted by molar-refractivity contribution is -0.115. The summed E-state index contributed by atoms with van der Waals surface area (Å²) in [5, 5.41) is 0. The molecule has 5 unspecified atom stereocenters. The number of carbonyl (C=O) groups excluding carboxylic acids is 1. The average molecular weight is 284 g/mol. The van der Waals surface area contributed by atoms with Gasteiger partial charge in [0.25, 0.3) is 0 Å². The molecule has 0 saturated heterocycles. The molecule has 0 N–H and O–H groups in total. The van der Waals surface area contributed by atoms with Crippen LogP contribution in [0, 0.1) is 29.1 Å². The number of rotatable bonds is 0. The van der Waals surface area contributed by atoms with E-state index in [1.807, 2.05) is 6.08 Å². The second-order valence-electron chi connectivity index (χ2n) is 8.11. The van der Waals surface area contributed by atoms with Crippen molar-refractivity contribution in [2.75, 3.05) is 0 Å². The van der Waals surface area contributed by atoms with Crippen molar-refractivity contribution in [1.29, 1.82) is 0 Å². The van der Waals surface area contributed by atoms with Crippen molar-refractivity contribution in [1.82, 2.24) is 0 Å². The first kappa shape index (κ1) is 13.8. The molecule has 4 aliphatic carbocycles. The van der Waals surface area contributed by atoms with E-state index in [-0.39, 0.29) is 0 Å². The fourth-order valence-electron chi connectivity index (χ4n) is 6.50. The van der Waals surface area contributed by atoms with Gasteiger partial charge >= 0.3 is 0 Å². The van der Waals surface area contributed by atoms with Crippen molar-refractivity contribution in [3.63, 3.8) is 0 Å². The normalized spacial score (nSPS) is 47.6. The van der Waals surface area contributed by atoms with Crippen molar-refractivity contribution in [3.8, 4) is 0 Å². The van der Waals surface area contributed by atoms with Crippen molar-refractivity contribution in [2.45, 2.75) is 65.2 Å². The van der Waals surface area contributed by atoms with Crippen molar-refractivity contribution < 1.29 is 4.79 Å². The molecular formula is C20H28O. The molecule has 114 valence electrons. The number of hydrogen-bond acceptors (Lipinski definition) is 1. The van der Waals surface area contributed by atoms with Crippen LogP contribution >= 0.6 is 0 Å². The number of ketones is 1. The Morgan fingerprint density at radius 1 is 1.10 bits per heavy atom. The molecule has 0 aromatic rings. The maximum Gasteiger partial charge on any atom is 0.155 e. The zero-order valence-electron chi connectivity index (χ0n) is 13.5. The van der Waals surface area contributed by atoms with Crippen LogP contribution in [-0.4, -0.2) is 5.78 Å². The Bertz CT molecular complexity index is 526. The molecule has 0 aliphatic heterocycles. The lowest BCUT2D eigenvalue weighted by atomic mass is 9.52. The molecule has 21 heavy (non-hydrogen) atoms. The van der Waals surface area contributed by atoms with Crippen LogP contribution in [0.1, 0.15) is 65.2 Å². The highest BCUT2D eigenvalue weighted by molar-refractivity contribution is 5.91. The number of carbonyl (C=O) groups is 1. The van der Waals surface area contributed by atoms with Gasteiger partial charge in [0, 0.05) is 6.42 Å². The van der Waals surface area contributed by atoms with E-state index in [0.717, 1.165) is 36.5 Å². The summed E-state index contributed by atoms with van der Waals surface area (Å²) in [6.07, 6.45) is 14.5. The number of fused-ring (bicyclic) bond motifs is 5. The van der Waals surface area contributed by atoms with Gasteiger partial charge in [-0.15, -0.1) is 0 Å². The average Bonchev–Trinajstić information content (AvgIpc) is 2.83. The number of allylic oxidation sites excluding steroid dienone is 3. The highest BCUT2D eigenvalue weighted by Gasteiger charge is 2.53. The second kappa shape index (κ2) is 4.83. The molecule has 0 amide bonds. The summed E-state index contributed by atoms with van der Waals surface area (Å²) in [5.41, 5.74) is 3.76. The zero-order valence-corrected chi connectivity index (χ0v) is 13.5. The second-order valence-corrected chi connectivity index (χ2v) is 8.11. The summed E-state index contributed by atoms with van der Waals surface area (Å²) in [5.74, 6) is 3.86. The molecule has 0 aromatic carbocycles. The third-order valence-electron chi connectivity index (χ3n) is 7.50. The van der Waals surface area contributed by atoms with E-state index in [9.17, 15) is 4.79 Å². The van der Waals surface area contributed by atoms with E-state index in [1.165, 1.54) is 44.1 Å². The van der Waals surface area contributed by atoms with E-state index < -0.39 is 0 Å². The van der Waals surface area contributed by atoms with Crippen LogP contribution in [0.25, 0.3) is 0 Å². The van der Waals surface area contributed by atoms with Gasteiger partial charge in [0.05, 0.1) is 0 Å². The van der Waals surface area contributed by atoms with Crippen LogP contribution < -0.4 is 0 Å². The molecule has 0 bridgehead atoms. The van der Waals surface area contributed by atoms with Crippen LogP contribution in [0.3, 0.4) is 0 Å². The monoisotopic (exact) mass is 284 g/mol. The third-order valence-corrected chi connectivity index (χ3v) is 7.50. The Hall–Kier alpha value is -0.850. The van der Waals surface area contributed by atoms with Gasteiger partial charge in [-0.2, -0.15) is 0 Å². The Kier molecular flexibility index (Phi) is 3.17.